The van der Waals surface area contributed by atoms with Crippen LogP contribution in [0, 0.1) is 5.92 Å². The molecule has 1 fully saturated rings. The van der Waals surface area contributed by atoms with E-state index < -0.39 is 0 Å². The van der Waals surface area contributed by atoms with Crippen molar-refractivity contribution in [1.82, 2.24) is 9.78 Å². The first-order chi connectivity index (χ1) is 11.2. The number of ether oxygens (including phenoxy) is 1. The Labute approximate surface area is 144 Å². The van der Waals surface area contributed by atoms with Crippen molar-refractivity contribution >= 4 is 35.1 Å². The number of carbonyl (C=O) groups is 1. The average molecular weight is 352 g/mol. The highest BCUT2D eigenvalue weighted by atomic mass is 35.5. The van der Waals surface area contributed by atoms with E-state index in [1.807, 2.05) is 35.0 Å². The molecule has 1 aliphatic heterocycles. The molecule has 5 nitrogen and oxygen atoms in total. The van der Waals surface area contributed by atoms with E-state index in [9.17, 15) is 4.79 Å². The first-order valence-corrected chi connectivity index (χ1v) is 8.85. The average Bonchev–Trinajstić information content (AvgIpc) is 3.20. The van der Waals surface area contributed by atoms with Gasteiger partial charge in [-0.15, -0.1) is 11.8 Å². The number of thioether (sulfide) groups is 1. The van der Waals surface area contributed by atoms with Gasteiger partial charge in [-0.2, -0.15) is 5.10 Å². The number of anilines is 1. The molecule has 1 atom stereocenters. The molecule has 0 radical (unpaired) electrons. The second-order valence-electron chi connectivity index (χ2n) is 5.40. The quantitative estimate of drug-likeness (QED) is 0.811. The van der Waals surface area contributed by atoms with Crippen LogP contribution in [-0.4, -0.2) is 34.7 Å². The number of rotatable bonds is 6. The maximum atomic E-state index is 12.1. The number of halogens is 1. The summed E-state index contributed by atoms with van der Waals surface area (Å²) in [5.41, 5.74) is 0. The molecule has 0 bridgehead atoms. The van der Waals surface area contributed by atoms with E-state index in [4.69, 9.17) is 16.3 Å². The highest BCUT2D eigenvalue weighted by Crippen LogP contribution is 2.26. The Morgan fingerprint density at radius 2 is 2.30 bits per heavy atom. The molecule has 1 saturated heterocycles. The molecule has 122 valence electrons. The van der Waals surface area contributed by atoms with Crippen molar-refractivity contribution in [2.75, 3.05) is 24.3 Å². The van der Waals surface area contributed by atoms with E-state index in [2.05, 4.69) is 10.4 Å². The molecular formula is C16H18ClN3O2S. The van der Waals surface area contributed by atoms with Crippen molar-refractivity contribution in [2.45, 2.75) is 17.9 Å². The summed E-state index contributed by atoms with van der Waals surface area (Å²) in [6, 6.07) is 9.32. The Morgan fingerprint density at radius 1 is 1.43 bits per heavy atom. The van der Waals surface area contributed by atoms with Crippen LogP contribution >= 0.6 is 23.4 Å². The van der Waals surface area contributed by atoms with Crippen molar-refractivity contribution in [3.8, 4) is 0 Å². The molecule has 1 N–H and O–H groups in total. The molecule has 23 heavy (non-hydrogen) atoms. The first-order valence-electron chi connectivity index (χ1n) is 7.49. The monoisotopic (exact) mass is 351 g/mol. The van der Waals surface area contributed by atoms with Gasteiger partial charge in [0.05, 0.1) is 23.6 Å². The second kappa shape index (κ2) is 7.86. The molecule has 1 amide bonds. The number of hydrogen-bond acceptors (Lipinski definition) is 4. The number of carbonyl (C=O) groups excluding carboxylic acids is 1. The van der Waals surface area contributed by atoms with Crippen LogP contribution in [-0.2, 0) is 16.1 Å². The normalized spacial score (nSPS) is 17.3. The summed E-state index contributed by atoms with van der Waals surface area (Å²) in [5.74, 6) is 1.42. The third kappa shape index (κ3) is 4.50. The van der Waals surface area contributed by atoms with Crippen LogP contribution in [0.3, 0.4) is 0 Å². The number of aromatic nitrogens is 2. The number of nitrogens with one attached hydrogen (secondary N) is 1. The fourth-order valence-corrected chi connectivity index (χ4v) is 3.48. The van der Waals surface area contributed by atoms with E-state index in [1.54, 1.807) is 6.20 Å². The zero-order valence-corrected chi connectivity index (χ0v) is 14.1. The second-order valence-corrected chi connectivity index (χ2v) is 6.82. The largest absolute Gasteiger partial charge is 0.381 e. The van der Waals surface area contributed by atoms with Crippen LogP contribution < -0.4 is 5.32 Å². The van der Waals surface area contributed by atoms with Gasteiger partial charge in [-0.1, -0.05) is 23.7 Å². The molecule has 2 heterocycles. The van der Waals surface area contributed by atoms with Crippen molar-refractivity contribution in [3.63, 3.8) is 0 Å². The van der Waals surface area contributed by atoms with E-state index in [-0.39, 0.29) is 5.91 Å². The fourth-order valence-electron chi connectivity index (χ4n) is 2.44. The molecular weight excluding hydrogens is 334 g/mol. The number of nitrogens with zero attached hydrogens (tertiary/aromatic N) is 2. The van der Waals surface area contributed by atoms with Gasteiger partial charge in [-0.25, -0.2) is 4.68 Å². The van der Waals surface area contributed by atoms with Crippen LogP contribution in [0.5, 0.6) is 0 Å². The van der Waals surface area contributed by atoms with Gasteiger partial charge in [-0.05, 0) is 18.6 Å². The summed E-state index contributed by atoms with van der Waals surface area (Å²) in [5, 5.41) is 7.86. The van der Waals surface area contributed by atoms with E-state index in [0.29, 0.717) is 16.7 Å². The van der Waals surface area contributed by atoms with Crippen LogP contribution in [0.4, 0.5) is 5.82 Å². The van der Waals surface area contributed by atoms with Crippen molar-refractivity contribution < 1.29 is 9.53 Å². The first kappa shape index (κ1) is 16.4. The third-order valence-corrected chi connectivity index (χ3v) is 5.15. The SMILES string of the molecule is O=C(CSc1ccccc1Cl)Nc1ccnn1CC1CCOC1. The molecule has 1 aromatic heterocycles. The Bertz CT molecular complexity index is 671. The molecule has 3 rings (SSSR count). The Balaban J connectivity index is 1.54. The minimum Gasteiger partial charge on any atom is -0.381 e. The van der Waals surface area contributed by atoms with Crippen LogP contribution in [0.2, 0.25) is 5.02 Å². The summed E-state index contributed by atoms with van der Waals surface area (Å²) in [4.78, 5) is 13.0. The predicted molar refractivity (Wildman–Crippen MR) is 92.0 cm³/mol. The van der Waals surface area contributed by atoms with Gasteiger partial charge in [0.2, 0.25) is 5.91 Å². The maximum Gasteiger partial charge on any atom is 0.235 e. The molecule has 0 saturated carbocycles. The topological polar surface area (TPSA) is 56.2 Å². The summed E-state index contributed by atoms with van der Waals surface area (Å²) in [6.07, 6.45) is 2.74. The lowest BCUT2D eigenvalue weighted by molar-refractivity contribution is -0.113. The highest BCUT2D eigenvalue weighted by Gasteiger charge is 2.18. The molecule has 2 aromatic rings. The van der Waals surface area contributed by atoms with Gasteiger partial charge in [0.25, 0.3) is 0 Å². The standard InChI is InChI=1S/C16H18ClN3O2S/c17-13-3-1-2-4-14(13)23-11-16(21)19-15-5-7-18-20(15)9-12-6-8-22-10-12/h1-5,7,12H,6,8-11H2,(H,19,21). The molecule has 0 aliphatic carbocycles. The molecule has 0 spiro atoms. The Morgan fingerprint density at radius 3 is 3.09 bits per heavy atom. The Kier molecular flexibility index (Phi) is 5.59. The van der Waals surface area contributed by atoms with Gasteiger partial charge < -0.3 is 10.1 Å². The Hall–Kier alpha value is -1.50. The molecule has 7 heteroatoms. The van der Waals surface area contributed by atoms with Gasteiger partial charge in [0.1, 0.15) is 5.82 Å². The van der Waals surface area contributed by atoms with E-state index in [0.717, 1.165) is 36.9 Å². The number of hydrogen-bond donors (Lipinski definition) is 1. The highest BCUT2D eigenvalue weighted by molar-refractivity contribution is 8.00. The van der Waals surface area contributed by atoms with Crippen LogP contribution in [0.1, 0.15) is 6.42 Å². The van der Waals surface area contributed by atoms with Crippen LogP contribution in [0.25, 0.3) is 0 Å². The van der Waals surface area contributed by atoms with Crippen LogP contribution in [0.15, 0.2) is 41.4 Å². The lowest BCUT2D eigenvalue weighted by Crippen LogP contribution is -2.20. The van der Waals surface area contributed by atoms with Gasteiger partial charge >= 0.3 is 0 Å². The van der Waals surface area contributed by atoms with Gasteiger partial charge in [0.15, 0.2) is 0 Å². The summed E-state index contributed by atoms with van der Waals surface area (Å²) >= 11 is 7.51. The van der Waals surface area contributed by atoms with E-state index in [1.165, 1.54) is 11.8 Å². The summed E-state index contributed by atoms with van der Waals surface area (Å²) in [6.45, 7) is 2.33. The van der Waals surface area contributed by atoms with E-state index >= 15 is 0 Å². The predicted octanol–water partition coefficient (Wildman–Crippen LogP) is 3.30. The molecule has 1 aromatic carbocycles. The molecule has 1 aliphatic rings. The smallest absolute Gasteiger partial charge is 0.235 e. The minimum atomic E-state index is -0.0701. The number of benzene rings is 1. The van der Waals surface area contributed by atoms with Gasteiger partial charge in [-0.3, -0.25) is 4.79 Å². The lowest BCUT2D eigenvalue weighted by Gasteiger charge is -2.12. The van der Waals surface area contributed by atoms with Crippen molar-refractivity contribution in [3.05, 3.63) is 41.6 Å². The number of amides is 1. The maximum absolute atomic E-state index is 12.1. The summed E-state index contributed by atoms with van der Waals surface area (Å²) in [7, 11) is 0. The van der Waals surface area contributed by atoms with Gasteiger partial charge in [0, 0.05) is 30.0 Å². The third-order valence-electron chi connectivity index (χ3n) is 3.63. The minimum absolute atomic E-state index is 0.0701. The van der Waals surface area contributed by atoms with Crippen molar-refractivity contribution in [1.29, 1.82) is 0 Å². The zero-order chi connectivity index (χ0) is 16.1. The fraction of sp³-hybridized carbons (Fsp3) is 0.375. The lowest BCUT2D eigenvalue weighted by atomic mass is 10.1. The zero-order valence-electron chi connectivity index (χ0n) is 12.6. The molecule has 1 unspecified atom stereocenters. The van der Waals surface area contributed by atoms with Crippen molar-refractivity contribution in [2.24, 2.45) is 5.92 Å². The summed E-state index contributed by atoms with van der Waals surface area (Å²) < 4.78 is 7.21.